The van der Waals surface area contributed by atoms with Gasteiger partial charge in [-0.15, -0.1) is 11.8 Å². The third-order valence-corrected chi connectivity index (χ3v) is 8.76. The number of aryl methyl sites for hydroxylation is 1. The maximum Gasteiger partial charge on any atom is 0.240 e. The van der Waals surface area contributed by atoms with Gasteiger partial charge in [0.05, 0.1) is 22.4 Å². The average Bonchev–Trinajstić information content (AvgIpc) is 3.34. The Morgan fingerprint density at radius 2 is 1.74 bits per heavy atom. The lowest BCUT2D eigenvalue weighted by molar-refractivity contribution is -0.123. The maximum absolute atomic E-state index is 13.9. The van der Waals surface area contributed by atoms with Gasteiger partial charge in [0.15, 0.2) is 0 Å². The highest BCUT2D eigenvalue weighted by molar-refractivity contribution is 8.00. The molecule has 0 radical (unpaired) electrons. The SMILES string of the molecule is Cc1ccc(-n2nc(-c3ccccc3)c3c2N(CC(=O)NCc2ccc(F)cc2)C(=O)CS[C@H]3c2cccc(Cl)c2)cc1. The Labute approximate surface area is 258 Å². The largest absolute Gasteiger partial charge is 0.350 e. The molecule has 216 valence electrons. The van der Waals surface area contributed by atoms with Crippen LogP contribution in [-0.4, -0.2) is 33.9 Å². The summed E-state index contributed by atoms with van der Waals surface area (Å²) in [6, 6.07) is 31.3. The van der Waals surface area contributed by atoms with Crippen molar-refractivity contribution in [1.29, 1.82) is 0 Å². The molecular formula is C34H28ClFN4O2S. The Balaban J connectivity index is 1.49. The van der Waals surface area contributed by atoms with Gasteiger partial charge in [0.2, 0.25) is 11.8 Å². The van der Waals surface area contributed by atoms with Crippen molar-refractivity contribution in [2.24, 2.45) is 0 Å². The molecule has 0 saturated heterocycles. The van der Waals surface area contributed by atoms with Crippen LogP contribution in [0.15, 0.2) is 103 Å². The number of carbonyl (C=O) groups is 2. The number of amides is 2. The molecule has 0 aliphatic carbocycles. The number of nitrogens with one attached hydrogen (secondary N) is 1. The van der Waals surface area contributed by atoms with Crippen LogP contribution in [0.4, 0.5) is 10.2 Å². The van der Waals surface area contributed by atoms with E-state index in [4.69, 9.17) is 16.7 Å². The van der Waals surface area contributed by atoms with E-state index in [1.807, 2.05) is 85.8 Å². The first kappa shape index (κ1) is 28.7. The van der Waals surface area contributed by atoms with Gasteiger partial charge in [0.25, 0.3) is 0 Å². The highest BCUT2D eigenvalue weighted by Crippen LogP contribution is 2.48. The van der Waals surface area contributed by atoms with Crippen molar-refractivity contribution in [2.75, 3.05) is 17.2 Å². The molecule has 0 saturated carbocycles. The molecule has 2 heterocycles. The van der Waals surface area contributed by atoms with Crippen LogP contribution in [0.5, 0.6) is 0 Å². The van der Waals surface area contributed by atoms with Gasteiger partial charge < -0.3 is 5.32 Å². The van der Waals surface area contributed by atoms with Crippen LogP contribution in [0.3, 0.4) is 0 Å². The monoisotopic (exact) mass is 610 g/mol. The fourth-order valence-corrected chi connectivity index (χ4v) is 6.52. The Bertz CT molecular complexity index is 1780. The number of carbonyl (C=O) groups excluding carboxylic acids is 2. The number of rotatable bonds is 7. The summed E-state index contributed by atoms with van der Waals surface area (Å²) in [4.78, 5) is 28.8. The number of halogens is 2. The molecule has 4 aromatic carbocycles. The van der Waals surface area contributed by atoms with Gasteiger partial charge in [0, 0.05) is 22.7 Å². The van der Waals surface area contributed by atoms with Crippen LogP contribution in [0.2, 0.25) is 5.02 Å². The van der Waals surface area contributed by atoms with Crippen molar-refractivity contribution in [3.63, 3.8) is 0 Å². The minimum atomic E-state index is -0.344. The van der Waals surface area contributed by atoms with Crippen LogP contribution in [0.1, 0.15) is 27.5 Å². The van der Waals surface area contributed by atoms with Crippen molar-refractivity contribution in [3.05, 3.63) is 136 Å². The lowest BCUT2D eigenvalue weighted by Gasteiger charge is -2.23. The summed E-state index contributed by atoms with van der Waals surface area (Å²) in [5.74, 6) is -0.199. The van der Waals surface area contributed by atoms with Crippen LogP contribution >= 0.6 is 23.4 Å². The smallest absolute Gasteiger partial charge is 0.240 e. The number of nitrogens with zero attached hydrogens (tertiary/aromatic N) is 3. The van der Waals surface area contributed by atoms with Crippen molar-refractivity contribution >= 4 is 41.0 Å². The van der Waals surface area contributed by atoms with E-state index in [1.54, 1.807) is 16.8 Å². The van der Waals surface area contributed by atoms with E-state index in [-0.39, 0.29) is 41.7 Å². The topological polar surface area (TPSA) is 67.2 Å². The fraction of sp³-hybridized carbons (Fsp3) is 0.147. The lowest BCUT2D eigenvalue weighted by Crippen LogP contribution is -2.42. The van der Waals surface area contributed by atoms with Crippen LogP contribution in [-0.2, 0) is 16.1 Å². The number of hydrogen-bond acceptors (Lipinski definition) is 4. The predicted molar refractivity (Wildman–Crippen MR) is 170 cm³/mol. The second kappa shape index (κ2) is 12.5. The van der Waals surface area contributed by atoms with E-state index in [1.165, 1.54) is 28.8 Å². The van der Waals surface area contributed by atoms with Crippen LogP contribution < -0.4 is 10.2 Å². The van der Waals surface area contributed by atoms with Crippen LogP contribution in [0, 0.1) is 12.7 Å². The van der Waals surface area contributed by atoms with Crippen molar-refractivity contribution in [2.45, 2.75) is 18.7 Å². The molecule has 1 aliphatic heterocycles. The van der Waals surface area contributed by atoms with Gasteiger partial charge in [-0.2, -0.15) is 5.10 Å². The molecule has 1 aromatic heterocycles. The Morgan fingerprint density at radius 3 is 2.47 bits per heavy atom. The second-order valence-corrected chi connectivity index (χ2v) is 11.9. The van der Waals surface area contributed by atoms with Crippen molar-refractivity contribution < 1.29 is 14.0 Å². The summed E-state index contributed by atoms with van der Waals surface area (Å²) in [5.41, 5.74) is 6.00. The molecule has 1 N–H and O–H groups in total. The number of thioether (sulfide) groups is 1. The lowest BCUT2D eigenvalue weighted by atomic mass is 9.99. The first-order valence-electron chi connectivity index (χ1n) is 13.8. The molecule has 1 aliphatic rings. The Kier molecular flexibility index (Phi) is 8.31. The predicted octanol–water partition coefficient (Wildman–Crippen LogP) is 7.13. The summed E-state index contributed by atoms with van der Waals surface area (Å²) in [6.45, 7) is 2.01. The summed E-state index contributed by atoms with van der Waals surface area (Å²) in [7, 11) is 0. The van der Waals surface area contributed by atoms with Crippen molar-refractivity contribution in [3.8, 4) is 16.9 Å². The molecule has 0 fully saturated rings. The zero-order valence-electron chi connectivity index (χ0n) is 23.3. The molecule has 6 nitrogen and oxygen atoms in total. The molecular weight excluding hydrogens is 583 g/mol. The average molecular weight is 611 g/mol. The summed E-state index contributed by atoms with van der Waals surface area (Å²) in [5, 5.41) is 8.31. The summed E-state index contributed by atoms with van der Waals surface area (Å²) in [6.07, 6.45) is 0. The number of fused-ring (bicyclic) bond motifs is 1. The third kappa shape index (κ3) is 6.21. The highest BCUT2D eigenvalue weighted by Gasteiger charge is 2.37. The summed E-state index contributed by atoms with van der Waals surface area (Å²) < 4.78 is 15.1. The maximum atomic E-state index is 13.9. The molecule has 2 amide bonds. The minimum Gasteiger partial charge on any atom is -0.350 e. The van der Waals surface area contributed by atoms with E-state index in [0.29, 0.717) is 10.8 Å². The van der Waals surface area contributed by atoms with E-state index in [9.17, 15) is 14.0 Å². The van der Waals surface area contributed by atoms with E-state index in [0.717, 1.165) is 39.2 Å². The van der Waals surface area contributed by atoms with E-state index >= 15 is 0 Å². The zero-order valence-corrected chi connectivity index (χ0v) is 24.9. The van der Waals surface area contributed by atoms with Crippen molar-refractivity contribution in [1.82, 2.24) is 15.1 Å². The quantitative estimate of drug-likeness (QED) is 0.213. The number of anilines is 1. The normalized spacial score (nSPS) is 14.7. The minimum absolute atomic E-state index is 0.152. The van der Waals surface area contributed by atoms with Gasteiger partial charge >= 0.3 is 0 Å². The van der Waals surface area contributed by atoms with Gasteiger partial charge in [-0.05, 0) is 54.4 Å². The van der Waals surface area contributed by atoms with Gasteiger partial charge in [-0.25, -0.2) is 9.07 Å². The third-order valence-electron chi connectivity index (χ3n) is 7.27. The second-order valence-electron chi connectivity index (χ2n) is 10.3. The first-order chi connectivity index (χ1) is 20.9. The summed E-state index contributed by atoms with van der Waals surface area (Å²) >= 11 is 7.93. The molecule has 5 aromatic rings. The standard InChI is InChI=1S/C34H28ClFN4O2S/c1-22-10-16-28(17-11-22)40-34-31(32(38-40)24-6-3-2-4-7-24)33(25-8-5-9-26(35)18-25)43-21-30(42)39(34)20-29(41)37-19-23-12-14-27(36)15-13-23/h2-18,33H,19-21H2,1H3,(H,37,41)/t33-/m0/s1. The molecule has 6 rings (SSSR count). The van der Waals surface area contributed by atoms with Gasteiger partial charge in [-0.3, -0.25) is 14.5 Å². The number of benzene rings is 4. The van der Waals surface area contributed by atoms with E-state index in [2.05, 4.69) is 5.32 Å². The van der Waals surface area contributed by atoms with E-state index < -0.39 is 0 Å². The Morgan fingerprint density at radius 1 is 1.00 bits per heavy atom. The van der Waals surface area contributed by atoms with Crippen LogP contribution in [0.25, 0.3) is 16.9 Å². The molecule has 9 heteroatoms. The highest BCUT2D eigenvalue weighted by atomic mass is 35.5. The van der Waals surface area contributed by atoms with Gasteiger partial charge in [-0.1, -0.05) is 83.9 Å². The fourth-order valence-electron chi connectivity index (χ4n) is 5.13. The molecule has 0 bridgehead atoms. The number of hydrogen-bond donors (Lipinski definition) is 1. The number of aromatic nitrogens is 2. The zero-order chi connectivity index (χ0) is 29.9. The van der Waals surface area contributed by atoms with Gasteiger partial charge in [0.1, 0.15) is 18.2 Å². The molecule has 0 spiro atoms. The molecule has 43 heavy (non-hydrogen) atoms. The Hall–Kier alpha value is -4.40. The molecule has 0 unspecified atom stereocenters. The molecule has 1 atom stereocenters. The first-order valence-corrected chi connectivity index (χ1v) is 15.2.